The minimum absolute atomic E-state index is 0.320. The van der Waals surface area contributed by atoms with Gasteiger partial charge >= 0.3 is 0 Å². The van der Waals surface area contributed by atoms with E-state index in [1.54, 1.807) is 17.0 Å². The zero-order valence-electron chi connectivity index (χ0n) is 14.5. The SMILES string of the molecule is CC(C)c1cc(N2CCC(O)(c3ccccn3)CC2)c2nncn2n1. The summed E-state index contributed by atoms with van der Waals surface area (Å²) < 4.78 is 1.74. The summed E-state index contributed by atoms with van der Waals surface area (Å²) in [6, 6.07) is 7.79. The number of pyridine rings is 1. The van der Waals surface area contributed by atoms with Crippen molar-refractivity contribution < 1.29 is 5.11 Å². The molecule has 0 spiro atoms. The van der Waals surface area contributed by atoms with Crippen LogP contribution in [0.5, 0.6) is 0 Å². The third-order valence-electron chi connectivity index (χ3n) is 4.93. The Morgan fingerprint density at radius 3 is 2.68 bits per heavy atom. The number of hydrogen-bond acceptors (Lipinski definition) is 6. The van der Waals surface area contributed by atoms with Gasteiger partial charge in [0, 0.05) is 19.3 Å². The van der Waals surface area contributed by atoms with Gasteiger partial charge in [-0.05, 0) is 37.0 Å². The van der Waals surface area contributed by atoms with E-state index in [0.717, 1.165) is 35.8 Å². The fourth-order valence-corrected chi connectivity index (χ4v) is 3.36. The van der Waals surface area contributed by atoms with E-state index >= 15 is 0 Å². The molecule has 7 heteroatoms. The largest absolute Gasteiger partial charge is 0.383 e. The number of aliphatic hydroxyl groups is 1. The third-order valence-corrected chi connectivity index (χ3v) is 4.93. The molecule has 7 nitrogen and oxygen atoms in total. The Bertz CT molecular complexity index is 868. The predicted molar refractivity (Wildman–Crippen MR) is 94.5 cm³/mol. The molecular formula is C18H22N6O. The fraction of sp³-hybridized carbons (Fsp3) is 0.444. The first-order valence-electron chi connectivity index (χ1n) is 8.67. The molecule has 4 heterocycles. The topological polar surface area (TPSA) is 79.4 Å². The Hall–Kier alpha value is -2.54. The monoisotopic (exact) mass is 338 g/mol. The van der Waals surface area contributed by atoms with Gasteiger partial charge in [-0.3, -0.25) is 4.98 Å². The third kappa shape index (κ3) is 2.84. The van der Waals surface area contributed by atoms with Gasteiger partial charge in [-0.25, -0.2) is 0 Å². The van der Waals surface area contributed by atoms with Crippen LogP contribution in [0.1, 0.15) is 44.0 Å². The minimum atomic E-state index is -0.865. The summed E-state index contributed by atoms with van der Waals surface area (Å²) in [5.74, 6) is 0.320. The van der Waals surface area contributed by atoms with Crippen molar-refractivity contribution in [3.05, 3.63) is 48.2 Å². The quantitative estimate of drug-likeness (QED) is 0.788. The molecule has 1 saturated heterocycles. The molecule has 0 amide bonds. The highest BCUT2D eigenvalue weighted by atomic mass is 16.3. The van der Waals surface area contributed by atoms with Crippen molar-refractivity contribution in [1.82, 2.24) is 24.8 Å². The van der Waals surface area contributed by atoms with E-state index in [9.17, 15) is 5.11 Å². The van der Waals surface area contributed by atoms with Crippen molar-refractivity contribution in [2.75, 3.05) is 18.0 Å². The molecule has 0 aliphatic carbocycles. The zero-order chi connectivity index (χ0) is 17.4. The summed E-state index contributed by atoms with van der Waals surface area (Å²) in [5.41, 5.74) is 2.68. The van der Waals surface area contributed by atoms with Gasteiger partial charge in [0.15, 0.2) is 0 Å². The molecule has 0 unspecified atom stereocenters. The zero-order valence-corrected chi connectivity index (χ0v) is 14.5. The average Bonchev–Trinajstić information content (AvgIpc) is 3.11. The van der Waals surface area contributed by atoms with Crippen LogP contribution in [0.25, 0.3) is 5.65 Å². The highest BCUT2D eigenvalue weighted by Gasteiger charge is 2.35. The summed E-state index contributed by atoms with van der Waals surface area (Å²) in [5, 5.41) is 23.8. The van der Waals surface area contributed by atoms with E-state index in [1.807, 2.05) is 18.2 Å². The van der Waals surface area contributed by atoms with E-state index < -0.39 is 5.60 Å². The van der Waals surface area contributed by atoms with Crippen LogP contribution >= 0.6 is 0 Å². The van der Waals surface area contributed by atoms with E-state index in [0.29, 0.717) is 18.8 Å². The second-order valence-electron chi connectivity index (χ2n) is 6.94. The molecular weight excluding hydrogens is 316 g/mol. The van der Waals surface area contributed by atoms with Crippen LogP contribution in [0.2, 0.25) is 0 Å². The molecule has 0 bridgehead atoms. The molecule has 0 radical (unpaired) electrons. The normalized spacial score (nSPS) is 17.4. The van der Waals surface area contributed by atoms with E-state index in [1.165, 1.54) is 0 Å². The molecule has 0 atom stereocenters. The molecule has 3 aromatic heterocycles. The lowest BCUT2D eigenvalue weighted by Gasteiger charge is -2.39. The van der Waals surface area contributed by atoms with E-state index in [4.69, 9.17) is 0 Å². The Labute approximate surface area is 146 Å². The lowest BCUT2D eigenvalue weighted by Crippen LogP contribution is -2.43. The Balaban J connectivity index is 1.63. The number of rotatable bonds is 3. The van der Waals surface area contributed by atoms with Crippen molar-refractivity contribution in [3.63, 3.8) is 0 Å². The van der Waals surface area contributed by atoms with Crippen LogP contribution in [0.3, 0.4) is 0 Å². The van der Waals surface area contributed by atoms with Gasteiger partial charge in [-0.1, -0.05) is 19.9 Å². The average molecular weight is 338 g/mol. The molecule has 1 aliphatic rings. The first kappa shape index (κ1) is 16.0. The highest BCUT2D eigenvalue weighted by molar-refractivity contribution is 5.68. The first-order valence-corrected chi connectivity index (χ1v) is 8.67. The van der Waals surface area contributed by atoms with Crippen molar-refractivity contribution in [3.8, 4) is 0 Å². The molecule has 3 aromatic rings. The van der Waals surface area contributed by atoms with Gasteiger partial charge in [0.1, 0.15) is 11.9 Å². The smallest absolute Gasteiger partial charge is 0.200 e. The summed E-state index contributed by atoms with van der Waals surface area (Å²) in [6.07, 6.45) is 4.63. The van der Waals surface area contributed by atoms with Crippen molar-refractivity contribution in [2.45, 2.75) is 38.2 Å². The van der Waals surface area contributed by atoms with Crippen LogP contribution < -0.4 is 4.90 Å². The maximum absolute atomic E-state index is 11.0. The molecule has 0 aromatic carbocycles. The first-order chi connectivity index (χ1) is 12.1. The van der Waals surface area contributed by atoms with Crippen molar-refractivity contribution >= 4 is 11.3 Å². The van der Waals surface area contributed by atoms with Crippen LogP contribution in [0.15, 0.2) is 36.8 Å². The van der Waals surface area contributed by atoms with Gasteiger partial charge in [0.25, 0.3) is 0 Å². The maximum atomic E-state index is 11.0. The van der Waals surface area contributed by atoms with Gasteiger partial charge < -0.3 is 10.0 Å². The predicted octanol–water partition coefficient (Wildman–Crippen LogP) is 2.13. The molecule has 4 rings (SSSR count). The number of piperidine rings is 1. The van der Waals surface area contributed by atoms with Gasteiger partial charge in [-0.2, -0.15) is 9.61 Å². The Morgan fingerprint density at radius 2 is 2.00 bits per heavy atom. The number of anilines is 1. The second-order valence-corrected chi connectivity index (χ2v) is 6.94. The summed E-state index contributed by atoms with van der Waals surface area (Å²) in [6.45, 7) is 5.71. The minimum Gasteiger partial charge on any atom is -0.383 e. The van der Waals surface area contributed by atoms with Gasteiger partial charge in [0.2, 0.25) is 5.65 Å². The Kier molecular flexibility index (Phi) is 3.88. The van der Waals surface area contributed by atoms with Crippen LogP contribution in [0.4, 0.5) is 5.69 Å². The number of fused-ring (bicyclic) bond motifs is 1. The molecule has 1 fully saturated rings. The molecule has 130 valence electrons. The lowest BCUT2D eigenvalue weighted by molar-refractivity contribution is 0.00763. The van der Waals surface area contributed by atoms with Crippen molar-refractivity contribution in [2.24, 2.45) is 0 Å². The Morgan fingerprint density at radius 1 is 1.20 bits per heavy atom. The molecule has 1 N–H and O–H groups in total. The van der Waals surface area contributed by atoms with E-state index in [-0.39, 0.29) is 0 Å². The van der Waals surface area contributed by atoms with Crippen LogP contribution in [0, 0.1) is 0 Å². The fourth-order valence-electron chi connectivity index (χ4n) is 3.36. The summed E-state index contributed by atoms with van der Waals surface area (Å²) >= 11 is 0. The van der Waals surface area contributed by atoms with E-state index in [2.05, 4.69) is 45.1 Å². The molecule has 0 saturated carbocycles. The standard InChI is InChI=1S/C18H22N6O/c1-13(2)14-11-15(17-21-20-12-24(17)22-14)23-9-6-18(25,7-10-23)16-5-3-4-8-19-16/h3-5,8,11-13,25H,6-7,9-10H2,1-2H3. The highest BCUT2D eigenvalue weighted by Crippen LogP contribution is 2.34. The van der Waals surface area contributed by atoms with Crippen molar-refractivity contribution in [1.29, 1.82) is 0 Å². The van der Waals surface area contributed by atoms with Crippen LogP contribution in [-0.2, 0) is 5.60 Å². The van der Waals surface area contributed by atoms with Gasteiger partial charge in [-0.15, -0.1) is 10.2 Å². The summed E-state index contributed by atoms with van der Waals surface area (Å²) in [7, 11) is 0. The number of nitrogens with zero attached hydrogens (tertiary/aromatic N) is 6. The lowest BCUT2D eigenvalue weighted by atomic mass is 9.87. The molecule has 25 heavy (non-hydrogen) atoms. The number of aromatic nitrogens is 5. The molecule has 1 aliphatic heterocycles. The summed E-state index contributed by atoms with van der Waals surface area (Å²) in [4.78, 5) is 6.60. The van der Waals surface area contributed by atoms with Gasteiger partial charge in [0.05, 0.1) is 17.1 Å². The number of hydrogen-bond donors (Lipinski definition) is 1. The second kappa shape index (κ2) is 6.07. The maximum Gasteiger partial charge on any atom is 0.200 e. The van der Waals surface area contributed by atoms with Crippen LogP contribution in [-0.4, -0.2) is 43.0 Å².